The zero-order valence-electron chi connectivity index (χ0n) is 13.2. The molecular formula is C20H26. The second kappa shape index (κ2) is 6.26. The molecule has 0 heterocycles. The summed E-state index contributed by atoms with van der Waals surface area (Å²) in [5, 5.41) is 0. The molecule has 0 aliphatic rings. The third kappa shape index (κ3) is 4.23. The van der Waals surface area contributed by atoms with Gasteiger partial charge in [0.05, 0.1) is 0 Å². The molecule has 0 unspecified atom stereocenters. The fourth-order valence-corrected chi connectivity index (χ4v) is 2.83. The van der Waals surface area contributed by atoms with Crippen LogP contribution in [0.25, 0.3) is 0 Å². The summed E-state index contributed by atoms with van der Waals surface area (Å²) in [6, 6.07) is 19.9. The van der Waals surface area contributed by atoms with E-state index in [2.05, 4.69) is 82.3 Å². The maximum Gasteiger partial charge on any atom is -0.0219 e. The van der Waals surface area contributed by atoms with Crippen LogP contribution >= 0.6 is 0 Å². The molecule has 2 aromatic rings. The van der Waals surface area contributed by atoms with Crippen LogP contribution in [0, 0.1) is 5.41 Å². The van der Waals surface area contributed by atoms with E-state index in [9.17, 15) is 0 Å². The van der Waals surface area contributed by atoms with E-state index in [0.29, 0.717) is 5.92 Å². The Balaban J connectivity index is 2.09. The highest BCUT2D eigenvalue weighted by Gasteiger charge is 2.19. The maximum absolute atomic E-state index is 2.37. The van der Waals surface area contributed by atoms with Crippen molar-refractivity contribution < 1.29 is 0 Å². The van der Waals surface area contributed by atoms with Crippen LogP contribution in [0.15, 0.2) is 54.6 Å². The predicted octanol–water partition coefficient (Wildman–Crippen LogP) is 5.62. The van der Waals surface area contributed by atoms with E-state index in [4.69, 9.17) is 0 Å². The third-order valence-electron chi connectivity index (χ3n) is 3.83. The molecule has 0 aliphatic carbocycles. The Bertz CT molecular complexity index is 535. The molecule has 0 saturated heterocycles. The van der Waals surface area contributed by atoms with Crippen molar-refractivity contribution >= 4 is 0 Å². The first-order valence-electron chi connectivity index (χ1n) is 7.59. The third-order valence-corrected chi connectivity index (χ3v) is 3.83. The van der Waals surface area contributed by atoms with Crippen LogP contribution in [-0.4, -0.2) is 0 Å². The Morgan fingerprint density at radius 2 is 1.40 bits per heavy atom. The average Bonchev–Trinajstić information content (AvgIpc) is 2.39. The van der Waals surface area contributed by atoms with Gasteiger partial charge in [0, 0.05) is 0 Å². The van der Waals surface area contributed by atoms with E-state index in [1.165, 1.54) is 16.7 Å². The van der Waals surface area contributed by atoms with Crippen molar-refractivity contribution in [1.29, 1.82) is 0 Å². The zero-order valence-corrected chi connectivity index (χ0v) is 13.2. The van der Waals surface area contributed by atoms with Gasteiger partial charge in [0.2, 0.25) is 0 Å². The van der Waals surface area contributed by atoms with Gasteiger partial charge in [0.25, 0.3) is 0 Å². The first-order chi connectivity index (χ1) is 9.46. The molecule has 20 heavy (non-hydrogen) atoms. The lowest BCUT2D eigenvalue weighted by Gasteiger charge is -2.25. The lowest BCUT2D eigenvalue weighted by atomic mass is 9.80. The molecule has 0 spiro atoms. The minimum absolute atomic E-state index is 0.289. The van der Waals surface area contributed by atoms with Crippen LogP contribution in [0.3, 0.4) is 0 Å². The minimum atomic E-state index is 0.289. The number of hydrogen-bond donors (Lipinski definition) is 0. The van der Waals surface area contributed by atoms with Gasteiger partial charge in [-0.05, 0) is 40.9 Å². The standard InChI is InChI=1S/C20H26/c1-16(2)19-12-8-11-18(13-19)15-20(3,4)14-17-9-6-5-7-10-17/h5-13,16H,14-15H2,1-4H3. The van der Waals surface area contributed by atoms with Crippen LogP contribution in [0.1, 0.15) is 50.3 Å². The molecule has 0 atom stereocenters. The Morgan fingerprint density at radius 1 is 0.800 bits per heavy atom. The molecule has 0 aromatic heterocycles. The van der Waals surface area contributed by atoms with E-state index in [1.54, 1.807) is 0 Å². The first-order valence-corrected chi connectivity index (χ1v) is 7.59. The number of rotatable bonds is 5. The Morgan fingerprint density at radius 3 is 2.05 bits per heavy atom. The van der Waals surface area contributed by atoms with Crippen LogP contribution in [-0.2, 0) is 12.8 Å². The zero-order chi connectivity index (χ0) is 14.6. The highest BCUT2D eigenvalue weighted by Crippen LogP contribution is 2.28. The fraction of sp³-hybridized carbons (Fsp3) is 0.400. The van der Waals surface area contributed by atoms with Crippen molar-refractivity contribution in [1.82, 2.24) is 0 Å². The van der Waals surface area contributed by atoms with E-state index in [-0.39, 0.29) is 5.41 Å². The molecule has 2 aromatic carbocycles. The quantitative estimate of drug-likeness (QED) is 0.658. The van der Waals surface area contributed by atoms with Crippen LogP contribution in [0.2, 0.25) is 0 Å². The Kier molecular flexibility index (Phi) is 4.65. The summed E-state index contributed by atoms with van der Waals surface area (Å²) in [7, 11) is 0. The van der Waals surface area contributed by atoms with E-state index in [1.807, 2.05) is 0 Å². The monoisotopic (exact) mass is 266 g/mol. The molecule has 0 amide bonds. The molecule has 0 saturated carbocycles. The van der Waals surface area contributed by atoms with Gasteiger partial charge in [-0.3, -0.25) is 0 Å². The van der Waals surface area contributed by atoms with Crippen molar-refractivity contribution in [3.63, 3.8) is 0 Å². The molecule has 0 aliphatic heterocycles. The Hall–Kier alpha value is -1.56. The van der Waals surface area contributed by atoms with Crippen molar-refractivity contribution in [3.05, 3.63) is 71.3 Å². The Labute approximate surface area is 123 Å². The normalized spacial score (nSPS) is 11.8. The summed E-state index contributed by atoms with van der Waals surface area (Å²) in [4.78, 5) is 0. The predicted molar refractivity (Wildman–Crippen MR) is 88.2 cm³/mol. The number of benzene rings is 2. The average molecular weight is 266 g/mol. The van der Waals surface area contributed by atoms with Crippen molar-refractivity contribution in [2.45, 2.75) is 46.5 Å². The molecule has 0 bridgehead atoms. The van der Waals surface area contributed by atoms with E-state index < -0.39 is 0 Å². The SMILES string of the molecule is CC(C)c1cccc(CC(C)(C)Cc2ccccc2)c1. The van der Waals surface area contributed by atoms with E-state index in [0.717, 1.165) is 12.8 Å². The largest absolute Gasteiger partial charge is 0.0622 e. The van der Waals surface area contributed by atoms with Gasteiger partial charge in [0.1, 0.15) is 0 Å². The van der Waals surface area contributed by atoms with Crippen molar-refractivity contribution in [2.75, 3.05) is 0 Å². The maximum atomic E-state index is 2.37. The smallest absolute Gasteiger partial charge is 0.0219 e. The van der Waals surface area contributed by atoms with Gasteiger partial charge in [-0.1, -0.05) is 82.3 Å². The lowest BCUT2D eigenvalue weighted by Crippen LogP contribution is -2.18. The second-order valence-corrected chi connectivity index (χ2v) is 6.90. The van der Waals surface area contributed by atoms with Gasteiger partial charge >= 0.3 is 0 Å². The molecule has 0 radical (unpaired) electrons. The first kappa shape index (κ1) is 14.8. The summed E-state index contributed by atoms with van der Waals surface area (Å²) >= 11 is 0. The summed E-state index contributed by atoms with van der Waals surface area (Å²) in [6.45, 7) is 9.24. The van der Waals surface area contributed by atoms with Gasteiger partial charge in [-0.25, -0.2) is 0 Å². The van der Waals surface area contributed by atoms with Gasteiger partial charge in [-0.2, -0.15) is 0 Å². The summed E-state index contributed by atoms with van der Waals surface area (Å²) in [5.74, 6) is 0.604. The minimum Gasteiger partial charge on any atom is -0.0622 e. The molecule has 0 fully saturated rings. The topological polar surface area (TPSA) is 0 Å². The van der Waals surface area contributed by atoms with Gasteiger partial charge < -0.3 is 0 Å². The fourth-order valence-electron chi connectivity index (χ4n) is 2.83. The van der Waals surface area contributed by atoms with Gasteiger partial charge in [0.15, 0.2) is 0 Å². The van der Waals surface area contributed by atoms with Crippen LogP contribution < -0.4 is 0 Å². The molecular weight excluding hydrogens is 240 g/mol. The highest BCUT2D eigenvalue weighted by molar-refractivity contribution is 5.27. The molecule has 0 nitrogen and oxygen atoms in total. The molecule has 106 valence electrons. The molecule has 2 rings (SSSR count). The summed E-state index contributed by atoms with van der Waals surface area (Å²) in [6.07, 6.45) is 2.25. The van der Waals surface area contributed by atoms with Crippen LogP contribution in [0.5, 0.6) is 0 Å². The van der Waals surface area contributed by atoms with Crippen molar-refractivity contribution in [3.8, 4) is 0 Å². The second-order valence-electron chi connectivity index (χ2n) is 6.90. The number of hydrogen-bond acceptors (Lipinski definition) is 0. The highest BCUT2D eigenvalue weighted by atomic mass is 14.2. The molecule has 0 N–H and O–H groups in total. The van der Waals surface area contributed by atoms with E-state index >= 15 is 0 Å². The van der Waals surface area contributed by atoms with Crippen molar-refractivity contribution in [2.24, 2.45) is 5.41 Å². The lowest BCUT2D eigenvalue weighted by molar-refractivity contribution is 0.361. The molecule has 0 heteroatoms. The van der Waals surface area contributed by atoms with Crippen LogP contribution in [0.4, 0.5) is 0 Å². The van der Waals surface area contributed by atoms with Gasteiger partial charge in [-0.15, -0.1) is 0 Å². The summed E-state index contributed by atoms with van der Waals surface area (Å²) in [5.41, 5.74) is 4.62. The summed E-state index contributed by atoms with van der Waals surface area (Å²) < 4.78 is 0.